The summed E-state index contributed by atoms with van der Waals surface area (Å²) in [7, 11) is 0. The van der Waals surface area contributed by atoms with Gasteiger partial charge >= 0.3 is 5.97 Å². The molecular weight excluding hydrogens is 397 g/mol. The summed E-state index contributed by atoms with van der Waals surface area (Å²) < 4.78 is 18.1. The summed E-state index contributed by atoms with van der Waals surface area (Å²) >= 11 is 0. The normalized spacial score (nSPS) is 24.3. The van der Waals surface area contributed by atoms with Gasteiger partial charge in [-0.05, 0) is 24.0 Å². The third-order valence-corrected chi connectivity index (χ3v) is 5.61. The Hall–Kier alpha value is -3.17. The van der Waals surface area contributed by atoms with E-state index in [0.29, 0.717) is 23.3 Å². The summed E-state index contributed by atoms with van der Waals surface area (Å²) in [6, 6.07) is -3.26. The van der Waals surface area contributed by atoms with E-state index in [1.807, 2.05) is 6.92 Å². The summed E-state index contributed by atoms with van der Waals surface area (Å²) in [5.41, 5.74) is 1.51. The third kappa shape index (κ3) is 3.81. The molecule has 4 atom stereocenters. The molecule has 0 aliphatic carbocycles. The molecule has 0 bridgehead atoms. The summed E-state index contributed by atoms with van der Waals surface area (Å²) in [5.74, 6) is -3.62. The molecule has 162 valence electrons. The highest BCUT2D eigenvalue weighted by Gasteiger charge is 2.48. The maximum Gasteiger partial charge on any atom is 0.327 e. The van der Waals surface area contributed by atoms with E-state index >= 15 is 0 Å². The van der Waals surface area contributed by atoms with Crippen molar-refractivity contribution in [3.63, 3.8) is 0 Å². The number of ether oxygens (including phenoxy) is 1. The van der Waals surface area contributed by atoms with E-state index in [0.717, 1.165) is 0 Å². The molecule has 9 nitrogen and oxygen atoms in total. The minimum Gasteiger partial charge on any atom is -0.497 e. The number of nitrogens with one attached hydrogen (secondary N) is 2. The zero-order valence-corrected chi connectivity index (χ0v) is 16.7. The Morgan fingerprint density at radius 3 is 2.77 bits per heavy atom. The third-order valence-electron chi connectivity index (χ3n) is 5.61. The van der Waals surface area contributed by atoms with Gasteiger partial charge in [0.25, 0.3) is 11.8 Å². The van der Waals surface area contributed by atoms with Gasteiger partial charge in [0.1, 0.15) is 24.7 Å². The Kier molecular flexibility index (Phi) is 6.23. The predicted molar refractivity (Wildman–Crippen MR) is 102 cm³/mol. The highest BCUT2D eigenvalue weighted by molar-refractivity contribution is 6.00. The first-order valence-corrected chi connectivity index (χ1v) is 9.73. The van der Waals surface area contributed by atoms with Crippen LogP contribution in [0.3, 0.4) is 0 Å². The van der Waals surface area contributed by atoms with Crippen molar-refractivity contribution in [1.29, 1.82) is 0 Å². The lowest BCUT2D eigenvalue weighted by atomic mass is 9.97. The first-order chi connectivity index (χ1) is 14.3. The summed E-state index contributed by atoms with van der Waals surface area (Å²) in [4.78, 5) is 50.5. The second-order valence-electron chi connectivity index (χ2n) is 7.45. The van der Waals surface area contributed by atoms with Crippen LogP contribution >= 0.6 is 0 Å². The van der Waals surface area contributed by atoms with Crippen LogP contribution in [0.5, 0.6) is 0 Å². The van der Waals surface area contributed by atoms with Crippen molar-refractivity contribution >= 4 is 23.7 Å². The van der Waals surface area contributed by atoms with Gasteiger partial charge in [0.2, 0.25) is 5.91 Å². The SMILES string of the molecule is CCC(C)C(NC(=O)CF)C(=O)N[C@@H]1C(=O)N2C3=C1COC=CC3=CC[C@H]2C(=O)O. The van der Waals surface area contributed by atoms with Gasteiger partial charge in [-0.15, -0.1) is 0 Å². The number of rotatable bonds is 7. The smallest absolute Gasteiger partial charge is 0.327 e. The molecule has 3 N–H and O–H groups in total. The van der Waals surface area contributed by atoms with Crippen molar-refractivity contribution in [3.05, 3.63) is 35.3 Å². The molecule has 3 rings (SSSR count). The fraction of sp³-hybridized carbons (Fsp3) is 0.500. The summed E-state index contributed by atoms with van der Waals surface area (Å²) in [6.45, 7) is 2.27. The standard InChI is InChI=1S/C20H24FN3O6/c1-3-10(2)15(22-14(25)8-21)18(26)23-16-12-9-30-7-6-11-4-5-13(20(28)29)24(17(11)12)19(16)27/h4,6-7,10,13,15-16H,3,5,8-9H2,1-2H3,(H,22,25)(H,23,26)(H,28,29)/t10?,13-,15?,16-/m0/s1. The largest absolute Gasteiger partial charge is 0.497 e. The lowest BCUT2D eigenvalue weighted by Crippen LogP contribution is -2.56. The molecule has 2 unspecified atom stereocenters. The van der Waals surface area contributed by atoms with Gasteiger partial charge < -0.3 is 20.5 Å². The molecule has 0 aromatic rings. The number of halogens is 1. The Balaban J connectivity index is 1.92. The van der Waals surface area contributed by atoms with Crippen LogP contribution in [-0.4, -0.2) is 65.1 Å². The van der Waals surface area contributed by atoms with Crippen LogP contribution in [0.1, 0.15) is 26.7 Å². The molecule has 0 aromatic heterocycles. The van der Waals surface area contributed by atoms with E-state index < -0.39 is 48.5 Å². The quantitative estimate of drug-likeness (QED) is 0.546. The van der Waals surface area contributed by atoms with E-state index in [2.05, 4.69) is 10.6 Å². The van der Waals surface area contributed by atoms with Crippen LogP contribution in [0.25, 0.3) is 0 Å². The predicted octanol–water partition coefficient (Wildman–Crippen LogP) is 0.395. The van der Waals surface area contributed by atoms with Gasteiger partial charge in [-0.1, -0.05) is 26.3 Å². The number of carbonyl (C=O) groups excluding carboxylic acids is 3. The number of aliphatic carboxylic acids is 1. The number of alkyl halides is 1. The molecule has 3 aliphatic heterocycles. The summed E-state index contributed by atoms with van der Waals surface area (Å²) in [5, 5.41) is 14.5. The Morgan fingerprint density at radius 2 is 2.13 bits per heavy atom. The minimum absolute atomic E-state index is 0.00641. The molecule has 0 radical (unpaired) electrons. The fourth-order valence-corrected chi connectivity index (χ4v) is 3.83. The number of hydrogen-bond donors (Lipinski definition) is 3. The molecule has 10 heteroatoms. The van der Waals surface area contributed by atoms with E-state index in [9.17, 15) is 28.7 Å². The molecule has 0 saturated carbocycles. The molecule has 0 saturated heterocycles. The van der Waals surface area contributed by atoms with Crippen LogP contribution in [-0.2, 0) is 23.9 Å². The molecule has 3 heterocycles. The zero-order chi connectivity index (χ0) is 22.0. The van der Waals surface area contributed by atoms with E-state index in [1.54, 1.807) is 19.1 Å². The summed E-state index contributed by atoms with van der Waals surface area (Å²) in [6.07, 6.45) is 5.48. The average Bonchev–Trinajstić information content (AvgIpc) is 2.88. The van der Waals surface area contributed by atoms with Gasteiger partial charge in [-0.2, -0.15) is 0 Å². The molecule has 3 aliphatic rings. The Labute approximate surface area is 172 Å². The number of allylic oxidation sites excluding steroid dienone is 1. The molecular formula is C20H24FN3O6. The molecule has 3 amide bonds. The highest BCUT2D eigenvalue weighted by atomic mass is 19.1. The maximum atomic E-state index is 13.1. The first-order valence-electron chi connectivity index (χ1n) is 9.73. The maximum absolute atomic E-state index is 13.1. The Bertz CT molecular complexity index is 865. The number of hydrogen-bond acceptors (Lipinski definition) is 5. The van der Waals surface area contributed by atoms with Crippen LogP contribution in [0.2, 0.25) is 0 Å². The van der Waals surface area contributed by atoms with Crippen LogP contribution in [0.15, 0.2) is 35.3 Å². The van der Waals surface area contributed by atoms with Crippen molar-refractivity contribution < 1.29 is 33.4 Å². The van der Waals surface area contributed by atoms with E-state index in [1.165, 1.54) is 11.2 Å². The van der Waals surface area contributed by atoms with Gasteiger partial charge in [0.15, 0.2) is 6.67 Å². The van der Waals surface area contributed by atoms with Gasteiger partial charge in [0.05, 0.1) is 12.0 Å². The Morgan fingerprint density at radius 1 is 1.40 bits per heavy atom. The second-order valence-corrected chi connectivity index (χ2v) is 7.45. The molecule has 0 fully saturated rings. The van der Waals surface area contributed by atoms with Crippen LogP contribution in [0.4, 0.5) is 4.39 Å². The highest BCUT2D eigenvalue weighted by Crippen LogP contribution is 2.38. The number of carboxylic acids is 1. The minimum atomic E-state index is -1.26. The molecule has 0 spiro atoms. The number of amides is 3. The van der Waals surface area contributed by atoms with E-state index in [4.69, 9.17) is 4.74 Å². The molecule has 30 heavy (non-hydrogen) atoms. The number of carboxylic acid groups (broad SMARTS) is 1. The molecule has 0 aromatic carbocycles. The van der Waals surface area contributed by atoms with Crippen molar-refractivity contribution in [2.24, 2.45) is 5.92 Å². The number of carbonyl (C=O) groups is 4. The lowest BCUT2D eigenvalue weighted by Gasteiger charge is -2.31. The van der Waals surface area contributed by atoms with Crippen molar-refractivity contribution in [1.82, 2.24) is 15.5 Å². The topological polar surface area (TPSA) is 125 Å². The average molecular weight is 421 g/mol. The van der Waals surface area contributed by atoms with Crippen LogP contribution in [0, 0.1) is 5.92 Å². The lowest BCUT2D eigenvalue weighted by molar-refractivity contribution is -0.148. The second kappa shape index (κ2) is 8.68. The zero-order valence-electron chi connectivity index (χ0n) is 16.7. The van der Waals surface area contributed by atoms with Crippen molar-refractivity contribution in [2.75, 3.05) is 13.3 Å². The van der Waals surface area contributed by atoms with Crippen LogP contribution < -0.4 is 10.6 Å². The van der Waals surface area contributed by atoms with Gasteiger partial charge in [-0.3, -0.25) is 19.3 Å². The van der Waals surface area contributed by atoms with Gasteiger partial charge in [0, 0.05) is 5.57 Å². The number of nitrogens with zero attached hydrogens (tertiary/aromatic N) is 1. The fourth-order valence-electron chi connectivity index (χ4n) is 3.83. The van der Waals surface area contributed by atoms with Crippen molar-refractivity contribution in [3.8, 4) is 0 Å². The van der Waals surface area contributed by atoms with E-state index in [-0.39, 0.29) is 18.9 Å². The van der Waals surface area contributed by atoms with Gasteiger partial charge in [-0.25, -0.2) is 9.18 Å². The first kappa shape index (κ1) is 21.5. The van der Waals surface area contributed by atoms with Crippen molar-refractivity contribution in [2.45, 2.75) is 44.8 Å². The monoisotopic (exact) mass is 421 g/mol.